The molecule has 2 aromatic rings. The zero-order valence-electron chi connectivity index (χ0n) is 16.8. The molecule has 1 aliphatic heterocycles. The Morgan fingerprint density at radius 2 is 1.70 bits per heavy atom. The van der Waals surface area contributed by atoms with E-state index in [2.05, 4.69) is 37.4 Å². The SMILES string of the molecule is Cc1ccc(CNCc2ccc(C(=O)N3CC(C)OC(C)C3)cc2)c(C)c1. The summed E-state index contributed by atoms with van der Waals surface area (Å²) >= 11 is 0. The number of nitrogens with one attached hydrogen (secondary N) is 1. The molecule has 1 amide bonds. The third kappa shape index (κ3) is 5.18. The van der Waals surface area contributed by atoms with E-state index < -0.39 is 0 Å². The summed E-state index contributed by atoms with van der Waals surface area (Å²) in [6.45, 7) is 11.2. The highest BCUT2D eigenvalue weighted by Crippen LogP contribution is 2.15. The van der Waals surface area contributed by atoms with Crippen LogP contribution >= 0.6 is 0 Å². The molecule has 1 heterocycles. The smallest absolute Gasteiger partial charge is 0.254 e. The third-order valence-electron chi connectivity index (χ3n) is 5.05. The Morgan fingerprint density at radius 3 is 2.33 bits per heavy atom. The summed E-state index contributed by atoms with van der Waals surface area (Å²) in [6, 6.07) is 14.5. The van der Waals surface area contributed by atoms with Gasteiger partial charge in [-0.25, -0.2) is 0 Å². The van der Waals surface area contributed by atoms with Crippen LogP contribution in [0, 0.1) is 13.8 Å². The van der Waals surface area contributed by atoms with Gasteiger partial charge in [-0.15, -0.1) is 0 Å². The first-order valence-electron chi connectivity index (χ1n) is 9.73. The van der Waals surface area contributed by atoms with Crippen molar-refractivity contribution >= 4 is 5.91 Å². The number of benzene rings is 2. The molecule has 4 heteroatoms. The molecule has 1 fully saturated rings. The normalized spacial score (nSPS) is 19.9. The lowest BCUT2D eigenvalue weighted by Gasteiger charge is -2.35. The first-order valence-corrected chi connectivity index (χ1v) is 9.73. The van der Waals surface area contributed by atoms with Gasteiger partial charge in [0.05, 0.1) is 12.2 Å². The number of rotatable bonds is 5. The van der Waals surface area contributed by atoms with Gasteiger partial charge in [-0.05, 0) is 56.5 Å². The molecular weight excluding hydrogens is 336 g/mol. The number of amides is 1. The third-order valence-corrected chi connectivity index (χ3v) is 5.05. The minimum Gasteiger partial charge on any atom is -0.372 e. The van der Waals surface area contributed by atoms with E-state index in [1.807, 2.05) is 43.0 Å². The Morgan fingerprint density at radius 1 is 1.04 bits per heavy atom. The molecule has 144 valence electrons. The fourth-order valence-corrected chi connectivity index (χ4v) is 3.68. The Labute approximate surface area is 162 Å². The van der Waals surface area contributed by atoms with Crippen molar-refractivity contribution in [3.63, 3.8) is 0 Å². The van der Waals surface area contributed by atoms with Crippen molar-refractivity contribution in [1.82, 2.24) is 10.2 Å². The lowest BCUT2D eigenvalue weighted by atomic mass is 10.1. The summed E-state index contributed by atoms with van der Waals surface area (Å²) in [5, 5.41) is 3.49. The highest BCUT2D eigenvalue weighted by molar-refractivity contribution is 5.94. The minimum atomic E-state index is 0.0893. The van der Waals surface area contributed by atoms with Gasteiger partial charge in [0, 0.05) is 31.7 Å². The molecule has 2 atom stereocenters. The van der Waals surface area contributed by atoms with Crippen molar-refractivity contribution in [2.24, 2.45) is 0 Å². The van der Waals surface area contributed by atoms with Crippen LogP contribution in [0.4, 0.5) is 0 Å². The number of morpholine rings is 1. The summed E-state index contributed by atoms with van der Waals surface area (Å²) in [5.41, 5.74) is 5.86. The molecule has 3 rings (SSSR count). The second kappa shape index (κ2) is 8.68. The van der Waals surface area contributed by atoms with Crippen LogP contribution in [0.25, 0.3) is 0 Å². The van der Waals surface area contributed by atoms with Gasteiger partial charge in [-0.3, -0.25) is 4.79 Å². The highest BCUT2D eigenvalue weighted by Gasteiger charge is 2.26. The van der Waals surface area contributed by atoms with Crippen molar-refractivity contribution in [3.8, 4) is 0 Å². The number of carbonyl (C=O) groups is 1. The van der Waals surface area contributed by atoms with E-state index in [0.29, 0.717) is 13.1 Å². The van der Waals surface area contributed by atoms with Crippen molar-refractivity contribution < 1.29 is 9.53 Å². The Bertz CT molecular complexity index is 775. The minimum absolute atomic E-state index is 0.0893. The maximum atomic E-state index is 12.7. The van der Waals surface area contributed by atoms with Crippen molar-refractivity contribution in [2.45, 2.75) is 53.0 Å². The molecule has 2 unspecified atom stereocenters. The lowest BCUT2D eigenvalue weighted by molar-refractivity contribution is -0.0586. The van der Waals surface area contributed by atoms with Gasteiger partial charge in [-0.2, -0.15) is 0 Å². The fraction of sp³-hybridized carbons (Fsp3) is 0.435. The van der Waals surface area contributed by atoms with Gasteiger partial charge >= 0.3 is 0 Å². The van der Waals surface area contributed by atoms with Crippen LogP contribution in [-0.2, 0) is 17.8 Å². The van der Waals surface area contributed by atoms with Crippen LogP contribution in [0.15, 0.2) is 42.5 Å². The maximum absolute atomic E-state index is 12.7. The standard InChI is InChI=1S/C23H30N2O2/c1-16-5-8-22(17(2)11-16)13-24-12-20-6-9-21(10-7-20)23(26)25-14-18(3)27-19(4)15-25/h5-11,18-19,24H,12-15H2,1-4H3. The predicted molar refractivity (Wildman–Crippen MR) is 109 cm³/mol. The molecule has 0 saturated carbocycles. The summed E-state index contributed by atoms with van der Waals surface area (Å²) in [4.78, 5) is 14.6. The van der Waals surface area contributed by atoms with Crippen LogP contribution in [-0.4, -0.2) is 36.1 Å². The van der Waals surface area contributed by atoms with Gasteiger partial charge in [0.1, 0.15) is 0 Å². The number of hydrogen-bond acceptors (Lipinski definition) is 3. The summed E-state index contributed by atoms with van der Waals surface area (Å²) < 4.78 is 5.71. The average molecular weight is 367 g/mol. The maximum Gasteiger partial charge on any atom is 0.254 e. The number of aryl methyl sites for hydroxylation is 2. The van der Waals surface area contributed by atoms with E-state index in [0.717, 1.165) is 18.7 Å². The van der Waals surface area contributed by atoms with E-state index in [1.165, 1.54) is 22.3 Å². The van der Waals surface area contributed by atoms with Gasteiger partial charge in [0.25, 0.3) is 5.91 Å². The molecule has 0 spiro atoms. The van der Waals surface area contributed by atoms with Gasteiger partial charge in [0.2, 0.25) is 0 Å². The molecular formula is C23H30N2O2. The predicted octanol–water partition coefficient (Wildman–Crippen LogP) is 3.84. The lowest BCUT2D eigenvalue weighted by Crippen LogP contribution is -2.48. The van der Waals surface area contributed by atoms with Crippen molar-refractivity contribution in [1.29, 1.82) is 0 Å². The van der Waals surface area contributed by atoms with E-state index in [4.69, 9.17) is 4.74 Å². The Hall–Kier alpha value is -2.17. The van der Waals surface area contributed by atoms with E-state index in [-0.39, 0.29) is 18.1 Å². The molecule has 0 aliphatic carbocycles. The van der Waals surface area contributed by atoms with Crippen LogP contribution in [0.1, 0.15) is 46.5 Å². The zero-order chi connectivity index (χ0) is 19.4. The summed E-state index contributed by atoms with van der Waals surface area (Å²) in [6.07, 6.45) is 0.179. The molecule has 1 saturated heterocycles. The monoisotopic (exact) mass is 366 g/mol. The van der Waals surface area contributed by atoms with E-state index >= 15 is 0 Å². The molecule has 27 heavy (non-hydrogen) atoms. The van der Waals surface area contributed by atoms with Crippen LogP contribution < -0.4 is 5.32 Å². The molecule has 4 nitrogen and oxygen atoms in total. The topological polar surface area (TPSA) is 41.6 Å². The summed E-state index contributed by atoms with van der Waals surface area (Å²) in [5.74, 6) is 0.0896. The first-order chi connectivity index (χ1) is 12.9. The van der Waals surface area contributed by atoms with Gasteiger partial charge in [-0.1, -0.05) is 35.9 Å². The number of ether oxygens (including phenoxy) is 1. The van der Waals surface area contributed by atoms with Crippen molar-refractivity contribution in [2.75, 3.05) is 13.1 Å². The largest absolute Gasteiger partial charge is 0.372 e. The second-order valence-corrected chi connectivity index (χ2v) is 7.70. The van der Waals surface area contributed by atoms with Crippen LogP contribution in [0.2, 0.25) is 0 Å². The zero-order valence-corrected chi connectivity index (χ0v) is 16.8. The molecule has 2 aromatic carbocycles. The van der Waals surface area contributed by atoms with E-state index in [1.54, 1.807) is 0 Å². The Kier molecular flexibility index (Phi) is 6.30. The molecule has 0 bridgehead atoms. The van der Waals surface area contributed by atoms with Crippen molar-refractivity contribution in [3.05, 3.63) is 70.3 Å². The summed E-state index contributed by atoms with van der Waals surface area (Å²) in [7, 11) is 0. The molecule has 1 N–H and O–H groups in total. The average Bonchev–Trinajstić information content (AvgIpc) is 2.63. The van der Waals surface area contributed by atoms with Crippen LogP contribution in [0.3, 0.4) is 0 Å². The molecule has 0 aromatic heterocycles. The quantitative estimate of drug-likeness (QED) is 0.874. The fourth-order valence-electron chi connectivity index (χ4n) is 3.68. The first kappa shape index (κ1) is 19.6. The molecule has 0 radical (unpaired) electrons. The Balaban J connectivity index is 1.54. The number of carbonyl (C=O) groups excluding carboxylic acids is 1. The number of hydrogen-bond donors (Lipinski definition) is 1. The van der Waals surface area contributed by atoms with Gasteiger partial charge in [0.15, 0.2) is 0 Å². The number of nitrogens with zero attached hydrogens (tertiary/aromatic N) is 1. The molecule has 1 aliphatic rings. The van der Waals surface area contributed by atoms with E-state index in [9.17, 15) is 4.79 Å². The second-order valence-electron chi connectivity index (χ2n) is 7.70. The van der Waals surface area contributed by atoms with Gasteiger partial charge < -0.3 is 15.0 Å². The highest BCUT2D eigenvalue weighted by atomic mass is 16.5. The van der Waals surface area contributed by atoms with Crippen LogP contribution in [0.5, 0.6) is 0 Å².